The number of unbranched alkanes of at least 4 members (excludes halogenated alkanes) is 3. The molecular weight excluding hydrogens is 367 g/mol. The predicted molar refractivity (Wildman–Crippen MR) is 90.1 cm³/mol. The normalized spacial score (nSPS) is 11.0. The molecule has 7 heteroatoms. The third-order valence-electron chi connectivity index (χ3n) is 3.69. The molecule has 2 rings (SSSR count). The Labute approximate surface area is 191 Å². The van der Waals surface area contributed by atoms with Crippen LogP contribution in [0.5, 0.6) is 17.2 Å². The summed E-state index contributed by atoms with van der Waals surface area (Å²) in [5.74, 6) is 0.145. The first-order valence-corrected chi connectivity index (χ1v) is 9.40. The maximum absolute atomic E-state index is 12.4. The van der Waals surface area contributed by atoms with Crippen LogP contribution in [0.3, 0.4) is 0 Å². The summed E-state index contributed by atoms with van der Waals surface area (Å²) < 4.78 is 36.9. The van der Waals surface area contributed by atoms with Gasteiger partial charge in [0, 0.05) is 6.07 Å². The molecule has 2 aromatic rings. The molecule has 0 unspecified atom stereocenters. The van der Waals surface area contributed by atoms with Crippen LogP contribution in [0.4, 0.5) is 0 Å². The van der Waals surface area contributed by atoms with Gasteiger partial charge in [-0.25, -0.2) is 0 Å². The number of hydrogen-bond acceptors (Lipinski definition) is 4. The second-order valence-electron chi connectivity index (χ2n) is 5.61. The van der Waals surface area contributed by atoms with Gasteiger partial charge in [-0.3, -0.25) is 4.55 Å². The molecule has 2 aromatic carbocycles. The van der Waals surface area contributed by atoms with E-state index < -0.39 is 10.1 Å². The van der Waals surface area contributed by atoms with Gasteiger partial charge < -0.3 is 9.84 Å². The fourth-order valence-corrected chi connectivity index (χ4v) is 2.92. The average molecular weight is 389 g/mol. The van der Waals surface area contributed by atoms with Crippen LogP contribution in [0.25, 0.3) is 0 Å². The van der Waals surface area contributed by atoms with E-state index in [1.54, 1.807) is 18.2 Å². The Kier molecular flexibility index (Phi) is 9.65. The molecule has 0 aliphatic carbocycles. The van der Waals surface area contributed by atoms with E-state index in [9.17, 15) is 13.5 Å². The Morgan fingerprint density at radius 3 is 2.48 bits per heavy atom. The summed E-state index contributed by atoms with van der Waals surface area (Å²) in [4.78, 5) is -0.275. The van der Waals surface area contributed by atoms with Gasteiger partial charge in [-0.05, 0) is 31.0 Å². The molecule has 0 atom stereocenters. The number of benzene rings is 2. The Morgan fingerprint density at radius 2 is 1.80 bits per heavy atom. The molecule has 25 heavy (non-hydrogen) atoms. The Hall–Kier alpha value is -0.414. The number of ether oxygens (including phenoxy) is 1. The molecule has 0 aromatic heterocycles. The van der Waals surface area contributed by atoms with E-state index in [0.717, 1.165) is 25.7 Å². The fourth-order valence-electron chi connectivity index (χ4n) is 2.41. The van der Waals surface area contributed by atoms with Gasteiger partial charge in [-0.1, -0.05) is 55.7 Å². The molecule has 5 nitrogen and oxygen atoms in total. The Bertz CT molecular complexity index is 790. The van der Waals surface area contributed by atoms with Crippen molar-refractivity contribution in [3.63, 3.8) is 0 Å². The molecule has 0 amide bonds. The molecule has 0 saturated heterocycles. The van der Waals surface area contributed by atoms with Gasteiger partial charge >= 0.3 is 51.4 Å². The monoisotopic (exact) mass is 388 g/mol. The van der Waals surface area contributed by atoms with Crippen molar-refractivity contribution >= 4 is 10.1 Å². The molecule has 0 spiro atoms. The van der Waals surface area contributed by atoms with Crippen molar-refractivity contribution in [1.29, 1.82) is 0 Å². The van der Waals surface area contributed by atoms with Crippen molar-refractivity contribution in [1.82, 2.24) is 0 Å². The largest absolute Gasteiger partial charge is 1.00 e. The minimum atomic E-state index is -4.31. The second-order valence-corrected chi connectivity index (χ2v) is 7.03. The predicted octanol–water partition coefficient (Wildman–Crippen LogP) is 0.926. The van der Waals surface area contributed by atoms with Crippen molar-refractivity contribution in [3.8, 4) is 17.2 Å². The third kappa shape index (κ3) is 7.01. The summed E-state index contributed by atoms with van der Waals surface area (Å²) in [6.45, 7) is 2.13. The van der Waals surface area contributed by atoms with Crippen LogP contribution in [0.2, 0.25) is 0 Å². The van der Waals surface area contributed by atoms with Gasteiger partial charge in [-0.2, -0.15) is 8.42 Å². The van der Waals surface area contributed by atoms with Crippen LogP contribution in [-0.4, -0.2) is 13.0 Å². The second kappa shape index (κ2) is 10.7. The molecule has 0 fully saturated rings. The van der Waals surface area contributed by atoms with Crippen LogP contribution in [0, 0.1) is 0 Å². The van der Waals surface area contributed by atoms with E-state index in [0.29, 0.717) is 12.0 Å². The van der Waals surface area contributed by atoms with Crippen molar-refractivity contribution < 1.29 is 74.2 Å². The van der Waals surface area contributed by atoms with Crippen LogP contribution >= 0.6 is 0 Å². The number of aryl methyl sites for hydroxylation is 1. The van der Waals surface area contributed by atoms with E-state index in [1.165, 1.54) is 24.3 Å². The van der Waals surface area contributed by atoms with Crippen molar-refractivity contribution in [3.05, 3.63) is 48.0 Å². The van der Waals surface area contributed by atoms with Gasteiger partial charge in [0.25, 0.3) is 10.1 Å². The topological polar surface area (TPSA) is 86.7 Å². The van der Waals surface area contributed by atoms with Gasteiger partial charge in [0.1, 0.15) is 11.5 Å². The number of hydrogen-bond donors (Lipinski definition) is 1. The average Bonchev–Trinajstić information content (AvgIpc) is 2.54. The molecule has 0 aliphatic heterocycles. The van der Waals surface area contributed by atoms with E-state index in [-0.39, 0.29) is 73.5 Å². The van der Waals surface area contributed by atoms with Crippen LogP contribution in [-0.2, 0) is 16.5 Å². The van der Waals surface area contributed by atoms with Crippen molar-refractivity contribution in [2.45, 2.75) is 43.9 Å². The van der Waals surface area contributed by atoms with E-state index in [1.807, 2.05) is 0 Å². The summed E-state index contributed by atoms with van der Waals surface area (Å²) in [5.41, 5.74) is 0.689. The van der Waals surface area contributed by atoms with Gasteiger partial charge in [0.2, 0.25) is 0 Å². The van der Waals surface area contributed by atoms with Gasteiger partial charge in [0.15, 0.2) is 0 Å². The van der Waals surface area contributed by atoms with Gasteiger partial charge in [0.05, 0.1) is 4.90 Å². The first-order valence-electron chi connectivity index (χ1n) is 7.96. The molecule has 0 heterocycles. The first kappa shape index (κ1) is 22.6. The Balaban J connectivity index is 0.00000312. The maximum atomic E-state index is 12.4. The summed E-state index contributed by atoms with van der Waals surface area (Å²) in [6.07, 6.45) is 5.01. The SMILES string of the molecule is CCCCCCc1cccc(Oc2cccc(S(=O)(=O)O)c2)c1[O-].[K+]. The standard InChI is InChI=1S/C18H22O5S.K/c1-2-3-4-5-8-14-9-6-12-17(18(14)19)23-15-10-7-11-16(13-15)24(20,21)22;/h6-7,9-13,19H,2-5,8H2,1H3,(H,20,21,22);/q;+1/p-1. The molecule has 1 N–H and O–H groups in total. The number of rotatable bonds is 8. The molecule has 0 bridgehead atoms. The van der Waals surface area contributed by atoms with Crippen LogP contribution in [0.15, 0.2) is 47.4 Å². The zero-order valence-electron chi connectivity index (χ0n) is 14.6. The quantitative estimate of drug-likeness (QED) is 0.413. The zero-order chi connectivity index (χ0) is 17.6. The summed E-state index contributed by atoms with van der Waals surface area (Å²) in [7, 11) is -4.31. The molecule has 0 aliphatic rings. The van der Waals surface area contributed by atoms with E-state index in [4.69, 9.17) is 9.29 Å². The van der Waals surface area contributed by atoms with Crippen LogP contribution < -0.4 is 61.2 Å². The van der Waals surface area contributed by atoms with Crippen molar-refractivity contribution in [2.75, 3.05) is 0 Å². The molecule has 130 valence electrons. The number of para-hydroxylation sites is 1. The van der Waals surface area contributed by atoms with Gasteiger partial charge in [-0.15, -0.1) is 0 Å². The smallest absolute Gasteiger partial charge is 0.870 e. The van der Waals surface area contributed by atoms with Crippen molar-refractivity contribution in [2.24, 2.45) is 0 Å². The molecular formula is C18H21KO5S. The van der Waals surface area contributed by atoms with E-state index >= 15 is 0 Å². The minimum Gasteiger partial charge on any atom is -0.870 e. The Morgan fingerprint density at radius 1 is 1.08 bits per heavy atom. The molecule has 0 radical (unpaired) electrons. The minimum absolute atomic E-state index is 0. The maximum Gasteiger partial charge on any atom is 1.00 e. The fraction of sp³-hybridized carbons (Fsp3) is 0.333. The third-order valence-corrected chi connectivity index (χ3v) is 4.54. The zero-order valence-corrected chi connectivity index (χ0v) is 18.5. The molecule has 0 saturated carbocycles. The van der Waals surface area contributed by atoms with E-state index in [2.05, 4.69) is 6.92 Å². The first-order chi connectivity index (χ1) is 11.4. The summed E-state index contributed by atoms with van der Waals surface area (Å²) in [5, 5.41) is 12.4. The van der Waals surface area contributed by atoms with Crippen LogP contribution in [0.1, 0.15) is 38.2 Å². The summed E-state index contributed by atoms with van der Waals surface area (Å²) >= 11 is 0. The summed E-state index contributed by atoms with van der Waals surface area (Å²) in [6, 6.07) is 10.5.